The van der Waals surface area contributed by atoms with Crippen molar-refractivity contribution < 1.29 is 28.2 Å². The highest BCUT2D eigenvalue weighted by Gasteiger charge is 2.26. The summed E-state index contributed by atoms with van der Waals surface area (Å²) in [5.41, 5.74) is 0.821. The van der Waals surface area contributed by atoms with E-state index in [0.717, 1.165) is 6.07 Å². The molecule has 2 aromatic rings. The SMILES string of the molecule is CCN(CC)C(=O)CCCN1C(=O)COc2ccc(C(=O)COc3ccc(F)c(Cl)c3)cc21. The van der Waals surface area contributed by atoms with Crippen molar-refractivity contribution in [2.24, 2.45) is 0 Å². The lowest BCUT2D eigenvalue weighted by molar-refractivity contribution is -0.131. The highest BCUT2D eigenvalue weighted by atomic mass is 35.5. The molecular weight excluding hydrogens is 451 g/mol. The molecule has 0 bridgehead atoms. The summed E-state index contributed by atoms with van der Waals surface area (Å²) in [6, 6.07) is 8.66. The molecule has 1 aliphatic heterocycles. The molecule has 0 spiro atoms. The molecule has 0 aliphatic carbocycles. The molecule has 0 unspecified atom stereocenters. The number of halogens is 2. The van der Waals surface area contributed by atoms with Crippen LogP contribution in [0.2, 0.25) is 5.02 Å². The summed E-state index contributed by atoms with van der Waals surface area (Å²) in [6.07, 6.45) is 0.821. The molecule has 1 heterocycles. The number of carbonyl (C=O) groups is 3. The molecule has 0 saturated carbocycles. The Labute approximate surface area is 197 Å². The normalized spacial score (nSPS) is 12.7. The minimum atomic E-state index is -0.575. The Morgan fingerprint density at radius 1 is 1.18 bits per heavy atom. The maximum absolute atomic E-state index is 13.3. The molecule has 2 amide bonds. The topological polar surface area (TPSA) is 76.2 Å². The summed E-state index contributed by atoms with van der Waals surface area (Å²) in [5.74, 6) is -0.331. The fraction of sp³-hybridized carbons (Fsp3) is 0.375. The van der Waals surface area contributed by atoms with Crippen LogP contribution in [0.4, 0.5) is 10.1 Å². The number of benzene rings is 2. The number of nitrogens with zero attached hydrogens (tertiary/aromatic N) is 2. The van der Waals surface area contributed by atoms with Gasteiger partial charge in [0.1, 0.15) is 17.3 Å². The van der Waals surface area contributed by atoms with Crippen LogP contribution in [0.1, 0.15) is 37.0 Å². The molecule has 176 valence electrons. The fourth-order valence-electron chi connectivity index (χ4n) is 3.54. The standard InChI is InChI=1S/C24H26ClFN2O5/c1-3-27(4-2)23(30)6-5-11-28-20-12-16(7-10-22(20)33-15-24(28)31)21(29)14-32-17-8-9-19(26)18(25)13-17/h7-10,12-13H,3-6,11,14-15H2,1-2H3. The van der Waals surface area contributed by atoms with Gasteiger partial charge in [-0.15, -0.1) is 0 Å². The zero-order valence-corrected chi connectivity index (χ0v) is 19.4. The van der Waals surface area contributed by atoms with E-state index >= 15 is 0 Å². The highest BCUT2D eigenvalue weighted by molar-refractivity contribution is 6.30. The van der Waals surface area contributed by atoms with Gasteiger partial charge in [0.2, 0.25) is 5.91 Å². The molecule has 2 aromatic carbocycles. The molecule has 0 N–H and O–H groups in total. The summed E-state index contributed by atoms with van der Waals surface area (Å²) in [4.78, 5) is 40.7. The van der Waals surface area contributed by atoms with E-state index in [2.05, 4.69) is 0 Å². The Bertz CT molecular complexity index is 1040. The van der Waals surface area contributed by atoms with Gasteiger partial charge >= 0.3 is 0 Å². The van der Waals surface area contributed by atoms with Crippen LogP contribution in [0.3, 0.4) is 0 Å². The minimum Gasteiger partial charge on any atom is -0.485 e. The minimum absolute atomic E-state index is 0.0444. The van der Waals surface area contributed by atoms with Crippen molar-refractivity contribution in [3.63, 3.8) is 0 Å². The van der Waals surface area contributed by atoms with Crippen molar-refractivity contribution >= 4 is 34.9 Å². The van der Waals surface area contributed by atoms with Gasteiger partial charge in [-0.1, -0.05) is 11.6 Å². The van der Waals surface area contributed by atoms with Crippen LogP contribution in [0.5, 0.6) is 11.5 Å². The van der Waals surface area contributed by atoms with E-state index in [1.54, 1.807) is 28.0 Å². The lowest BCUT2D eigenvalue weighted by atomic mass is 10.1. The van der Waals surface area contributed by atoms with Crippen LogP contribution >= 0.6 is 11.6 Å². The summed E-state index contributed by atoms with van der Waals surface area (Å²) >= 11 is 5.74. The van der Waals surface area contributed by atoms with Crippen LogP contribution in [0.15, 0.2) is 36.4 Å². The molecule has 33 heavy (non-hydrogen) atoms. The van der Waals surface area contributed by atoms with E-state index in [0.29, 0.717) is 49.5 Å². The number of ketones is 1. The second-order valence-corrected chi connectivity index (χ2v) is 7.88. The molecule has 7 nitrogen and oxygen atoms in total. The molecule has 0 aromatic heterocycles. The van der Waals surface area contributed by atoms with Crippen molar-refractivity contribution in [2.45, 2.75) is 26.7 Å². The maximum atomic E-state index is 13.3. The number of Topliss-reactive ketones (excluding diaryl/α,β-unsaturated/α-hetero) is 1. The van der Waals surface area contributed by atoms with E-state index in [1.165, 1.54) is 12.1 Å². The highest BCUT2D eigenvalue weighted by Crippen LogP contribution is 2.33. The van der Waals surface area contributed by atoms with Gasteiger partial charge in [0, 0.05) is 37.7 Å². The number of ether oxygens (including phenoxy) is 2. The third-order valence-electron chi connectivity index (χ3n) is 5.37. The van der Waals surface area contributed by atoms with Gasteiger partial charge in [0.25, 0.3) is 5.91 Å². The Kier molecular flexibility index (Phi) is 8.27. The van der Waals surface area contributed by atoms with Gasteiger partial charge in [0.05, 0.1) is 10.7 Å². The van der Waals surface area contributed by atoms with Gasteiger partial charge in [-0.2, -0.15) is 0 Å². The first-order valence-electron chi connectivity index (χ1n) is 10.8. The van der Waals surface area contributed by atoms with Crippen molar-refractivity contribution in [1.82, 2.24) is 4.90 Å². The summed E-state index contributed by atoms with van der Waals surface area (Å²) in [7, 11) is 0. The van der Waals surface area contributed by atoms with E-state index in [9.17, 15) is 18.8 Å². The van der Waals surface area contributed by atoms with E-state index < -0.39 is 5.82 Å². The Hall–Kier alpha value is -3.13. The van der Waals surface area contributed by atoms with Crippen molar-refractivity contribution in [1.29, 1.82) is 0 Å². The molecule has 0 saturated heterocycles. The van der Waals surface area contributed by atoms with Gasteiger partial charge in [-0.3, -0.25) is 14.4 Å². The molecule has 9 heteroatoms. The van der Waals surface area contributed by atoms with E-state index in [-0.39, 0.29) is 41.6 Å². The first kappa shape index (κ1) is 24.5. The zero-order chi connectivity index (χ0) is 24.0. The number of anilines is 1. The summed E-state index contributed by atoms with van der Waals surface area (Å²) < 4.78 is 24.2. The largest absolute Gasteiger partial charge is 0.485 e. The first-order valence-corrected chi connectivity index (χ1v) is 11.2. The molecule has 3 rings (SSSR count). The Morgan fingerprint density at radius 3 is 2.64 bits per heavy atom. The van der Waals surface area contributed by atoms with Crippen LogP contribution in [-0.2, 0) is 9.59 Å². The van der Waals surface area contributed by atoms with Crippen LogP contribution < -0.4 is 14.4 Å². The first-order chi connectivity index (χ1) is 15.8. The maximum Gasteiger partial charge on any atom is 0.265 e. The van der Waals surface area contributed by atoms with Crippen molar-refractivity contribution in [3.05, 3.63) is 52.8 Å². The second-order valence-electron chi connectivity index (χ2n) is 7.47. The third-order valence-corrected chi connectivity index (χ3v) is 5.66. The van der Waals surface area contributed by atoms with Crippen LogP contribution in [0.25, 0.3) is 0 Å². The summed E-state index contributed by atoms with van der Waals surface area (Å²) in [6.45, 7) is 5.10. The number of fused-ring (bicyclic) bond motifs is 1. The fourth-order valence-corrected chi connectivity index (χ4v) is 3.71. The Morgan fingerprint density at radius 2 is 1.94 bits per heavy atom. The van der Waals surface area contributed by atoms with Gasteiger partial charge in [0.15, 0.2) is 19.0 Å². The van der Waals surface area contributed by atoms with Crippen molar-refractivity contribution in [2.75, 3.05) is 37.7 Å². The molecule has 0 radical (unpaired) electrons. The number of hydrogen-bond acceptors (Lipinski definition) is 5. The van der Waals surface area contributed by atoms with Crippen molar-refractivity contribution in [3.8, 4) is 11.5 Å². The van der Waals surface area contributed by atoms with Gasteiger partial charge in [-0.05, 0) is 50.6 Å². The number of amides is 2. The Balaban J connectivity index is 1.67. The van der Waals surface area contributed by atoms with E-state index in [1.807, 2.05) is 13.8 Å². The number of carbonyl (C=O) groups excluding carboxylic acids is 3. The monoisotopic (exact) mass is 476 g/mol. The number of hydrogen-bond donors (Lipinski definition) is 0. The average molecular weight is 477 g/mol. The van der Waals surface area contributed by atoms with Gasteiger partial charge in [-0.25, -0.2) is 4.39 Å². The predicted octanol–water partition coefficient (Wildman–Crippen LogP) is 4.11. The molecule has 0 fully saturated rings. The predicted molar refractivity (Wildman–Crippen MR) is 123 cm³/mol. The van der Waals surface area contributed by atoms with Crippen LogP contribution in [-0.4, -0.2) is 55.3 Å². The molecule has 0 atom stereocenters. The quantitative estimate of drug-likeness (QED) is 0.482. The average Bonchev–Trinajstić information content (AvgIpc) is 2.81. The van der Waals surface area contributed by atoms with E-state index in [4.69, 9.17) is 21.1 Å². The smallest absolute Gasteiger partial charge is 0.265 e. The zero-order valence-electron chi connectivity index (χ0n) is 18.6. The summed E-state index contributed by atoms with van der Waals surface area (Å²) in [5, 5.41) is -0.0977. The number of rotatable bonds is 10. The van der Waals surface area contributed by atoms with Crippen LogP contribution in [0, 0.1) is 5.82 Å². The molecular formula is C24H26ClFN2O5. The van der Waals surface area contributed by atoms with Gasteiger partial charge < -0.3 is 19.3 Å². The third kappa shape index (κ3) is 6.01. The second kappa shape index (κ2) is 11.1. The molecule has 1 aliphatic rings. The lowest BCUT2D eigenvalue weighted by Gasteiger charge is -2.30. The lowest BCUT2D eigenvalue weighted by Crippen LogP contribution is -2.40.